The first-order chi connectivity index (χ1) is 5.77. The van der Waals surface area contributed by atoms with Gasteiger partial charge in [0.2, 0.25) is 0 Å². The number of rotatable bonds is 0. The van der Waals surface area contributed by atoms with Crippen molar-refractivity contribution in [2.45, 2.75) is 25.0 Å². The molecule has 0 heterocycles. The molecule has 0 saturated heterocycles. The minimum atomic E-state index is -0.245. The van der Waals surface area contributed by atoms with Crippen molar-refractivity contribution < 1.29 is 10.2 Å². The molecule has 0 aromatic rings. The molecule has 66 valence electrons. The molecular formula is C10H14O2. The fourth-order valence-electron chi connectivity index (χ4n) is 3.54. The van der Waals surface area contributed by atoms with Crippen LogP contribution in [0.15, 0.2) is 12.2 Å². The molecular weight excluding hydrogens is 152 g/mol. The van der Waals surface area contributed by atoms with Crippen molar-refractivity contribution in [1.82, 2.24) is 0 Å². The summed E-state index contributed by atoms with van der Waals surface area (Å²) >= 11 is 0. The average Bonchev–Trinajstić information content (AvgIpc) is 2.64. The van der Waals surface area contributed by atoms with E-state index in [0.29, 0.717) is 30.1 Å². The monoisotopic (exact) mass is 166 g/mol. The van der Waals surface area contributed by atoms with Crippen LogP contribution in [-0.2, 0) is 0 Å². The molecule has 2 fully saturated rings. The van der Waals surface area contributed by atoms with Crippen LogP contribution in [0.4, 0.5) is 0 Å². The van der Waals surface area contributed by atoms with E-state index in [1.54, 1.807) is 0 Å². The summed E-state index contributed by atoms with van der Waals surface area (Å²) in [5, 5.41) is 19.4. The van der Waals surface area contributed by atoms with E-state index in [2.05, 4.69) is 12.2 Å². The van der Waals surface area contributed by atoms with Gasteiger partial charge in [-0.1, -0.05) is 12.2 Å². The summed E-state index contributed by atoms with van der Waals surface area (Å²) in [4.78, 5) is 0. The Morgan fingerprint density at radius 2 is 1.33 bits per heavy atom. The number of aliphatic hydroxyl groups excluding tert-OH is 2. The Morgan fingerprint density at radius 3 is 1.83 bits per heavy atom. The summed E-state index contributed by atoms with van der Waals surface area (Å²) in [6, 6.07) is 0. The highest BCUT2D eigenvalue weighted by Gasteiger charge is 2.54. The van der Waals surface area contributed by atoms with Crippen LogP contribution in [0.3, 0.4) is 0 Å². The topological polar surface area (TPSA) is 40.5 Å². The maximum atomic E-state index is 9.70. The Balaban J connectivity index is 1.98. The van der Waals surface area contributed by atoms with Crippen molar-refractivity contribution in [1.29, 1.82) is 0 Å². The number of hydrogen-bond acceptors (Lipinski definition) is 2. The quantitative estimate of drug-likeness (QED) is 0.516. The van der Waals surface area contributed by atoms with Crippen LogP contribution in [0.1, 0.15) is 12.8 Å². The van der Waals surface area contributed by atoms with E-state index in [1.807, 2.05) is 0 Å². The van der Waals surface area contributed by atoms with Crippen molar-refractivity contribution >= 4 is 0 Å². The van der Waals surface area contributed by atoms with Gasteiger partial charge in [-0.25, -0.2) is 0 Å². The predicted octanol–water partition coefficient (Wildman–Crippen LogP) is 0.550. The number of allylic oxidation sites excluding steroid dienone is 2. The second-order valence-corrected chi connectivity index (χ2v) is 4.47. The molecule has 6 atom stereocenters. The molecule has 3 aliphatic carbocycles. The molecule has 2 N–H and O–H groups in total. The normalized spacial score (nSPS) is 61.2. The number of hydrogen-bond donors (Lipinski definition) is 2. The molecule has 0 aromatic heterocycles. The van der Waals surface area contributed by atoms with Gasteiger partial charge in [-0.2, -0.15) is 0 Å². The van der Waals surface area contributed by atoms with Gasteiger partial charge in [-0.05, 0) is 36.5 Å². The first-order valence-electron chi connectivity index (χ1n) is 4.82. The minimum absolute atomic E-state index is 0.245. The second kappa shape index (κ2) is 2.12. The van der Waals surface area contributed by atoms with Gasteiger partial charge in [0.05, 0.1) is 12.2 Å². The molecule has 0 spiro atoms. The first-order valence-corrected chi connectivity index (χ1v) is 4.82. The Kier molecular flexibility index (Phi) is 1.25. The zero-order valence-electron chi connectivity index (χ0n) is 6.93. The zero-order valence-corrected chi connectivity index (χ0v) is 6.93. The highest BCUT2D eigenvalue weighted by molar-refractivity contribution is 5.18. The molecule has 2 heteroatoms. The molecule has 0 unspecified atom stereocenters. The highest BCUT2D eigenvalue weighted by Crippen LogP contribution is 2.55. The molecule has 3 aliphatic rings. The highest BCUT2D eigenvalue weighted by atomic mass is 16.3. The average molecular weight is 166 g/mol. The fourth-order valence-corrected chi connectivity index (χ4v) is 3.54. The van der Waals surface area contributed by atoms with Gasteiger partial charge < -0.3 is 10.2 Å². The van der Waals surface area contributed by atoms with Crippen LogP contribution >= 0.6 is 0 Å². The Hall–Kier alpha value is -0.340. The third-order valence-electron chi connectivity index (χ3n) is 3.95. The third-order valence-corrected chi connectivity index (χ3v) is 3.95. The van der Waals surface area contributed by atoms with Gasteiger partial charge in [0.25, 0.3) is 0 Å². The maximum absolute atomic E-state index is 9.70. The molecule has 0 aliphatic heterocycles. The third kappa shape index (κ3) is 0.679. The lowest BCUT2D eigenvalue weighted by Gasteiger charge is -2.23. The molecule has 0 aromatic carbocycles. The predicted molar refractivity (Wildman–Crippen MR) is 44.3 cm³/mol. The SMILES string of the molecule is O[C@@H]1C[C@H](O)[C@H]2[C@@H]1[C@H]1C=C[C@@H]2C1. The van der Waals surface area contributed by atoms with Crippen LogP contribution in [0, 0.1) is 23.7 Å². The van der Waals surface area contributed by atoms with E-state index in [-0.39, 0.29) is 12.2 Å². The first kappa shape index (κ1) is 7.10. The van der Waals surface area contributed by atoms with Crippen molar-refractivity contribution in [2.24, 2.45) is 23.7 Å². The van der Waals surface area contributed by atoms with Gasteiger partial charge >= 0.3 is 0 Å². The van der Waals surface area contributed by atoms with Gasteiger partial charge in [0, 0.05) is 0 Å². The van der Waals surface area contributed by atoms with E-state index >= 15 is 0 Å². The fraction of sp³-hybridized carbons (Fsp3) is 0.800. The van der Waals surface area contributed by atoms with Crippen molar-refractivity contribution in [3.63, 3.8) is 0 Å². The standard InChI is InChI=1S/C10H14O2/c11-7-4-8(12)10-6-2-1-5(3-6)9(7)10/h1-2,5-12H,3-4H2/t5-,6+,7+,8-,9+,10-. The summed E-state index contributed by atoms with van der Waals surface area (Å²) in [5.41, 5.74) is 0. The van der Waals surface area contributed by atoms with Gasteiger partial charge in [-0.3, -0.25) is 0 Å². The maximum Gasteiger partial charge on any atom is 0.0602 e. The van der Waals surface area contributed by atoms with Crippen LogP contribution < -0.4 is 0 Å². The molecule has 3 rings (SSSR count). The lowest BCUT2D eigenvalue weighted by Crippen LogP contribution is -2.25. The van der Waals surface area contributed by atoms with E-state index in [4.69, 9.17) is 0 Å². The van der Waals surface area contributed by atoms with E-state index in [0.717, 1.165) is 0 Å². The van der Waals surface area contributed by atoms with E-state index in [9.17, 15) is 10.2 Å². The van der Waals surface area contributed by atoms with Gasteiger partial charge in [-0.15, -0.1) is 0 Å². The number of aliphatic hydroxyl groups is 2. The van der Waals surface area contributed by atoms with Crippen LogP contribution in [-0.4, -0.2) is 22.4 Å². The molecule has 2 saturated carbocycles. The summed E-state index contributed by atoms with van der Waals surface area (Å²) in [6.07, 6.45) is 5.74. The minimum Gasteiger partial charge on any atom is -0.393 e. The van der Waals surface area contributed by atoms with Crippen molar-refractivity contribution in [3.8, 4) is 0 Å². The number of fused-ring (bicyclic) bond motifs is 5. The summed E-state index contributed by atoms with van der Waals surface area (Å²) in [5.74, 6) is 1.87. The summed E-state index contributed by atoms with van der Waals surface area (Å²) in [7, 11) is 0. The van der Waals surface area contributed by atoms with Crippen LogP contribution in [0.25, 0.3) is 0 Å². The Bertz CT molecular complexity index is 214. The summed E-state index contributed by atoms with van der Waals surface area (Å²) < 4.78 is 0. The molecule has 12 heavy (non-hydrogen) atoms. The lowest BCUT2D eigenvalue weighted by molar-refractivity contribution is 0.108. The molecule has 0 amide bonds. The lowest BCUT2D eigenvalue weighted by atomic mass is 9.84. The second-order valence-electron chi connectivity index (χ2n) is 4.47. The van der Waals surface area contributed by atoms with E-state index < -0.39 is 0 Å². The van der Waals surface area contributed by atoms with Gasteiger partial charge in [0.1, 0.15) is 0 Å². The van der Waals surface area contributed by atoms with Crippen LogP contribution in [0.5, 0.6) is 0 Å². The smallest absolute Gasteiger partial charge is 0.0602 e. The van der Waals surface area contributed by atoms with Crippen molar-refractivity contribution in [3.05, 3.63) is 12.2 Å². The molecule has 2 nitrogen and oxygen atoms in total. The molecule has 2 bridgehead atoms. The zero-order chi connectivity index (χ0) is 8.29. The van der Waals surface area contributed by atoms with Gasteiger partial charge in [0.15, 0.2) is 0 Å². The van der Waals surface area contributed by atoms with Crippen LogP contribution in [0.2, 0.25) is 0 Å². The van der Waals surface area contributed by atoms with Crippen molar-refractivity contribution in [2.75, 3.05) is 0 Å². The van der Waals surface area contributed by atoms with E-state index in [1.165, 1.54) is 6.42 Å². The Labute approximate surface area is 71.9 Å². The Morgan fingerprint density at radius 1 is 0.833 bits per heavy atom. The summed E-state index contributed by atoms with van der Waals surface area (Å²) in [6.45, 7) is 0. The molecule has 0 radical (unpaired) electrons. The largest absolute Gasteiger partial charge is 0.393 e.